The Balaban J connectivity index is 1.73. The fourth-order valence-electron chi connectivity index (χ4n) is 4.93. The first-order valence-corrected chi connectivity index (χ1v) is 12.2. The molecule has 1 aromatic heterocycles. The Bertz CT molecular complexity index is 1300. The van der Waals surface area contributed by atoms with Gasteiger partial charge < -0.3 is 9.47 Å². The van der Waals surface area contributed by atoms with E-state index in [0.29, 0.717) is 13.2 Å². The van der Waals surface area contributed by atoms with E-state index in [-0.39, 0.29) is 0 Å². The molecule has 0 N–H and O–H groups in total. The van der Waals surface area contributed by atoms with Crippen LogP contribution in [0.1, 0.15) is 38.3 Å². The van der Waals surface area contributed by atoms with Gasteiger partial charge in [0.05, 0.1) is 24.4 Å². The molecule has 33 heavy (non-hydrogen) atoms. The highest BCUT2D eigenvalue weighted by atomic mass is 16.5. The van der Waals surface area contributed by atoms with E-state index in [1.54, 1.807) is 0 Å². The van der Waals surface area contributed by atoms with E-state index in [1.165, 1.54) is 27.3 Å². The average Bonchev–Trinajstić information content (AvgIpc) is 2.87. The molecule has 0 fully saturated rings. The Morgan fingerprint density at radius 1 is 0.909 bits per heavy atom. The number of hydrogen-bond donors (Lipinski definition) is 0. The van der Waals surface area contributed by atoms with Crippen molar-refractivity contribution < 1.29 is 9.47 Å². The van der Waals surface area contributed by atoms with Crippen LogP contribution in [0.5, 0.6) is 11.5 Å². The van der Waals surface area contributed by atoms with Crippen LogP contribution in [-0.4, -0.2) is 36.2 Å². The first-order valence-electron chi connectivity index (χ1n) is 12.2. The van der Waals surface area contributed by atoms with E-state index in [4.69, 9.17) is 14.5 Å². The maximum absolute atomic E-state index is 5.96. The van der Waals surface area contributed by atoms with Crippen LogP contribution < -0.4 is 9.47 Å². The molecule has 3 aromatic carbocycles. The van der Waals surface area contributed by atoms with Gasteiger partial charge in [-0.3, -0.25) is 4.90 Å². The number of likely N-dealkylation sites (N-methyl/N-ethyl adjacent to an activating group) is 1. The van der Waals surface area contributed by atoms with Crippen molar-refractivity contribution in [2.24, 2.45) is 0 Å². The molecule has 4 heteroatoms. The second-order valence-electron chi connectivity index (χ2n) is 8.66. The van der Waals surface area contributed by atoms with Gasteiger partial charge in [0.25, 0.3) is 0 Å². The van der Waals surface area contributed by atoms with Crippen LogP contribution in [0, 0.1) is 0 Å². The molecule has 2 heterocycles. The minimum Gasteiger partial charge on any atom is -0.490 e. The monoisotopic (exact) mass is 440 g/mol. The molecule has 170 valence electrons. The van der Waals surface area contributed by atoms with E-state index in [1.807, 2.05) is 13.0 Å². The smallest absolute Gasteiger partial charge is 0.161 e. The zero-order chi connectivity index (χ0) is 22.8. The quantitative estimate of drug-likeness (QED) is 0.303. The first-order chi connectivity index (χ1) is 16.2. The molecule has 1 aliphatic heterocycles. The van der Waals surface area contributed by atoms with Crippen LogP contribution in [0.25, 0.3) is 32.9 Å². The summed E-state index contributed by atoms with van der Waals surface area (Å²) in [7, 11) is 0. The third-order valence-corrected chi connectivity index (χ3v) is 6.58. The van der Waals surface area contributed by atoms with Crippen molar-refractivity contribution in [2.45, 2.75) is 40.2 Å². The molecule has 0 saturated carbocycles. The van der Waals surface area contributed by atoms with Gasteiger partial charge in [-0.2, -0.15) is 0 Å². The molecule has 4 aromatic rings. The van der Waals surface area contributed by atoms with Gasteiger partial charge in [0.1, 0.15) is 0 Å². The van der Waals surface area contributed by atoms with Crippen molar-refractivity contribution in [1.82, 2.24) is 9.88 Å². The number of benzene rings is 3. The molecule has 0 radical (unpaired) electrons. The Morgan fingerprint density at radius 3 is 2.61 bits per heavy atom. The van der Waals surface area contributed by atoms with E-state index in [2.05, 4.69) is 67.3 Å². The molecule has 0 atom stereocenters. The third kappa shape index (κ3) is 4.04. The lowest BCUT2D eigenvalue weighted by Crippen LogP contribution is -2.31. The number of rotatable bonds is 7. The molecular weight excluding hydrogens is 408 g/mol. The van der Waals surface area contributed by atoms with Crippen LogP contribution in [-0.2, 0) is 13.0 Å². The van der Waals surface area contributed by atoms with E-state index in [9.17, 15) is 0 Å². The van der Waals surface area contributed by atoms with Crippen molar-refractivity contribution in [2.75, 3.05) is 26.3 Å². The average molecular weight is 441 g/mol. The fraction of sp³-hybridized carbons (Fsp3) is 0.345. The predicted octanol–water partition coefficient (Wildman–Crippen LogP) is 6.62. The summed E-state index contributed by atoms with van der Waals surface area (Å²) in [5, 5.41) is 3.89. The molecule has 0 bridgehead atoms. The Hall–Kier alpha value is -3.11. The standard InChI is InChI=1S/C29H32N2O2/c1-4-17-33-26-14-12-21(18-27(26)32-6-3)29-24-19-31(5-2)16-15-23(24)28-22-10-8-7-9-20(22)11-13-25(28)30-29/h7-14,18H,4-6,15-17,19H2,1-3H3. The molecule has 0 saturated heterocycles. The maximum atomic E-state index is 5.96. The van der Waals surface area contributed by atoms with Gasteiger partial charge in [0, 0.05) is 24.0 Å². The maximum Gasteiger partial charge on any atom is 0.161 e. The van der Waals surface area contributed by atoms with Gasteiger partial charge in [0.2, 0.25) is 0 Å². The fourth-order valence-corrected chi connectivity index (χ4v) is 4.93. The lowest BCUT2D eigenvalue weighted by Gasteiger charge is -2.30. The van der Waals surface area contributed by atoms with Crippen LogP contribution in [0.15, 0.2) is 54.6 Å². The predicted molar refractivity (Wildman–Crippen MR) is 136 cm³/mol. The van der Waals surface area contributed by atoms with Crippen LogP contribution in [0.3, 0.4) is 0 Å². The topological polar surface area (TPSA) is 34.6 Å². The number of pyridine rings is 1. The SMILES string of the molecule is CCCOc1ccc(-c2nc3ccc4ccccc4c3c3c2CN(CC)CC3)cc1OCC. The number of aromatic nitrogens is 1. The molecule has 0 aliphatic carbocycles. The van der Waals surface area contributed by atoms with E-state index < -0.39 is 0 Å². The number of ether oxygens (including phenoxy) is 2. The lowest BCUT2D eigenvalue weighted by molar-refractivity contribution is 0.269. The first kappa shape index (κ1) is 21.7. The molecule has 0 amide bonds. The Kier molecular flexibility index (Phi) is 6.19. The normalized spacial score (nSPS) is 13.9. The molecule has 1 aliphatic rings. The number of nitrogens with zero attached hydrogens (tertiary/aromatic N) is 2. The highest BCUT2D eigenvalue weighted by molar-refractivity contribution is 6.09. The van der Waals surface area contributed by atoms with Gasteiger partial charge in [-0.1, -0.05) is 44.2 Å². The minimum absolute atomic E-state index is 0.602. The third-order valence-electron chi connectivity index (χ3n) is 6.58. The molecule has 4 nitrogen and oxygen atoms in total. The molecule has 5 rings (SSSR count). The molecule has 0 unspecified atom stereocenters. The van der Waals surface area contributed by atoms with Crippen molar-refractivity contribution >= 4 is 21.7 Å². The summed E-state index contributed by atoms with van der Waals surface area (Å²) in [6.07, 6.45) is 2.01. The number of hydrogen-bond acceptors (Lipinski definition) is 4. The molecule has 0 spiro atoms. The van der Waals surface area contributed by atoms with E-state index >= 15 is 0 Å². The number of fused-ring (bicyclic) bond motifs is 5. The van der Waals surface area contributed by atoms with Gasteiger partial charge in [-0.25, -0.2) is 4.98 Å². The second-order valence-corrected chi connectivity index (χ2v) is 8.66. The van der Waals surface area contributed by atoms with Gasteiger partial charge in [-0.15, -0.1) is 0 Å². The Morgan fingerprint density at radius 2 is 1.79 bits per heavy atom. The summed E-state index contributed by atoms with van der Waals surface area (Å²) in [5.41, 5.74) is 6.01. The summed E-state index contributed by atoms with van der Waals surface area (Å²) in [6, 6.07) is 19.3. The van der Waals surface area contributed by atoms with Gasteiger partial charge >= 0.3 is 0 Å². The minimum atomic E-state index is 0.602. The largest absolute Gasteiger partial charge is 0.490 e. The summed E-state index contributed by atoms with van der Waals surface area (Å²) in [4.78, 5) is 7.75. The lowest BCUT2D eigenvalue weighted by atomic mass is 9.89. The summed E-state index contributed by atoms with van der Waals surface area (Å²) in [5.74, 6) is 1.60. The second kappa shape index (κ2) is 9.40. The van der Waals surface area contributed by atoms with Crippen LogP contribution in [0.2, 0.25) is 0 Å². The summed E-state index contributed by atoms with van der Waals surface area (Å²) < 4.78 is 11.9. The highest BCUT2D eigenvalue weighted by Gasteiger charge is 2.24. The van der Waals surface area contributed by atoms with Crippen LogP contribution in [0.4, 0.5) is 0 Å². The van der Waals surface area contributed by atoms with Crippen molar-refractivity contribution in [3.8, 4) is 22.8 Å². The van der Waals surface area contributed by atoms with Crippen molar-refractivity contribution in [3.63, 3.8) is 0 Å². The summed E-state index contributed by atoms with van der Waals surface area (Å²) in [6.45, 7) is 10.7. The molecular formula is C29H32N2O2. The zero-order valence-corrected chi connectivity index (χ0v) is 19.9. The van der Waals surface area contributed by atoms with Gasteiger partial charge in [0.15, 0.2) is 11.5 Å². The van der Waals surface area contributed by atoms with Crippen LogP contribution >= 0.6 is 0 Å². The Labute approximate surface area is 196 Å². The summed E-state index contributed by atoms with van der Waals surface area (Å²) >= 11 is 0. The zero-order valence-electron chi connectivity index (χ0n) is 19.9. The van der Waals surface area contributed by atoms with Gasteiger partial charge in [-0.05, 0) is 72.5 Å². The van der Waals surface area contributed by atoms with Crippen molar-refractivity contribution in [3.05, 3.63) is 65.7 Å². The highest BCUT2D eigenvalue weighted by Crippen LogP contribution is 2.39. The van der Waals surface area contributed by atoms with E-state index in [0.717, 1.165) is 60.7 Å². The van der Waals surface area contributed by atoms with Crippen molar-refractivity contribution in [1.29, 1.82) is 0 Å².